The van der Waals surface area contributed by atoms with Crippen LogP contribution in [0, 0.1) is 5.92 Å². The summed E-state index contributed by atoms with van der Waals surface area (Å²) in [7, 11) is 0. The highest BCUT2D eigenvalue weighted by Crippen LogP contribution is 2.24. The van der Waals surface area contributed by atoms with Crippen molar-refractivity contribution in [2.45, 2.75) is 13.8 Å². The molecular formula is C13H18N2O4. The molecule has 0 aliphatic heterocycles. The summed E-state index contributed by atoms with van der Waals surface area (Å²) in [6, 6.07) is 3.68. The van der Waals surface area contributed by atoms with Gasteiger partial charge in [-0.15, -0.1) is 0 Å². The molecule has 4 N–H and O–H groups in total. The van der Waals surface area contributed by atoms with Crippen molar-refractivity contribution in [1.82, 2.24) is 4.90 Å². The highest BCUT2D eigenvalue weighted by atomic mass is 16.3. The van der Waals surface area contributed by atoms with Crippen LogP contribution >= 0.6 is 0 Å². The Kier molecular flexibility index (Phi) is 4.74. The van der Waals surface area contributed by atoms with Gasteiger partial charge in [0.1, 0.15) is 11.5 Å². The molecule has 0 fully saturated rings. The summed E-state index contributed by atoms with van der Waals surface area (Å²) in [5, 5.41) is 18.8. The van der Waals surface area contributed by atoms with Crippen LogP contribution in [0.1, 0.15) is 24.2 Å². The molecule has 6 heteroatoms. The zero-order chi connectivity index (χ0) is 14.6. The summed E-state index contributed by atoms with van der Waals surface area (Å²) in [4.78, 5) is 24.5. The van der Waals surface area contributed by atoms with Crippen molar-refractivity contribution in [3.05, 3.63) is 23.8 Å². The van der Waals surface area contributed by atoms with E-state index in [0.717, 1.165) is 6.07 Å². The van der Waals surface area contributed by atoms with Crippen LogP contribution in [0.15, 0.2) is 18.2 Å². The van der Waals surface area contributed by atoms with E-state index in [9.17, 15) is 19.8 Å². The van der Waals surface area contributed by atoms with Crippen LogP contribution in [0.4, 0.5) is 0 Å². The predicted molar refractivity (Wildman–Crippen MR) is 69.7 cm³/mol. The minimum Gasteiger partial charge on any atom is -0.508 e. The fraction of sp³-hybridized carbons (Fsp3) is 0.385. The molecule has 0 bridgehead atoms. The molecule has 0 saturated heterocycles. The number of carbonyl (C=O) groups excluding carboxylic acids is 2. The van der Waals surface area contributed by atoms with Gasteiger partial charge in [0, 0.05) is 12.6 Å². The first-order valence-corrected chi connectivity index (χ1v) is 5.90. The van der Waals surface area contributed by atoms with Gasteiger partial charge in [0.25, 0.3) is 5.91 Å². The number of phenols is 2. The predicted octanol–water partition coefficient (Wildman–Crippen LogP) is 0.681. The van der Waals surface area contributed by atoms with Crippen molar-refractivity contribution < 1.29 is 19.8 Å². The highest BCUT2D eigenvalue weighted by molar-refractivity contribution is 5.98. The van der Waals surface area contributed by atoms with Crippen molar-refractivity contribution in [3.63, 3.8) is 0 Å². The first-order valence-electron chi connectivity index (χ1n) is 5.90. The number of carbonyl (C=O) groups is 2. The fourth-order valence-electron chi connectivity index (χ4n) is 1.72. The van der Waals surface area contributed by atoms with Gasteiger partial charge in [0.15, 0.2) is 0 Å². The van der Waals surface area contributed by atoms with Crippen LogP contribution in [0.5, 0.6) is 11.5 Å². The first-order chi connectivity index (χ1) is 8.81. The van der Waals surface area contributed by atoms with E-state index in [-0.39, 0.29) is 29.5 Å². The summed E-state index contributed by atoms with van der Waals surface area (Å²) in [5.74, 6) is -1.43. The molecule has 6 nitrogen and oxygen atoms in total. The monoisotopic (exact) mass is 266 g/mol. The summed E-state index contributed by atoms with van der Waals surface area (Å²) in [6.45, 7) is 3.94. The van der Waals surface area contributed by atoms with Crippen LogP contribution in [0.2, 0.25) is 0 Å². The third-order valence-electron chi connectivity index (χ3n) is 2.43. The standard InChI is InChI=1S/C13H18N2O4/c1-8(2)6-15(7-12(14)18)13(19)10-4-3-9(16)5-11(10)17/h3-5,8,16-17H,6-7H2,1-2H3,(H2,14,18). The number of nitrogens with zero attached hydrogens (tertiary/aromatic N) is 1. The third kappa shape index (κ3) is 4.17. The van der Waals surface area contributed by atoms with Crippen molar-refractivity contribution in [1.29, 1.82) is 0 Å². The van der Waals surface area contributed by atoms with Gasteiger partial charge < -0.3 is 20.8 Å². The summed E-state index contributed by atoms with van der Waals surface area (Å²) in [6.07, 6.45) is 0. The Labute approximate surface area is 111 Å². The lowest BCUT2D eigenvalue weighted by atomic mass is 10.1. The molecule has 0 atom stereocenters. The third-order valence-corrected chi connectivity index (χ3v) is 2.43. The number of hydrogen-bond acceptors (Lipinski definition) is 4. The number of rotatable bonds is 5. The lowest BCUT2D eigenvalue weighted by molar-refractivity contribution is -0.118. The minimum absolute atomic E-state index is 0.0275. The second kappa shape index (κ2) is 6.08. The quantitative estimate of drug-likeness (QED) is 0.729. The Balaban J connectivity index is 3.00. The van der Waals surface area contributed by atoms with Gasteiger partial charge in [0.2, 0.25) is 5.91 Å². The number of aromatic hydroxyl groups is 2. The number of primary amides is 1. The van der Waals surface area contributed by atoms with Gasteiger partial charge in [-0.05, 0) is 18.1 Å². The van der Waals surface area contributed by atoms with Crippen LogP contribution in [-0.2, 0) is 4.79 Å². The summed E-state index contributed by atoms with van der Waals surface area (Å²) < 4.78 is 0. The molecule has 0 saturated carbocycles. The van der Waals surface area contributed by atoms with Crippen molar-refractivity contribution >= 4 is 11.8 Å². The molecule has 19 heavy (non-hydrogen) atoms. The van der Waals surface area contributed by atoms with Crippen molar-refractivity contribution in [3.8, 4) is 11.5 Å². The fourth-order valence-corrected chi connectivity index (χ4v) is 1.72. The largest absolute Gasteiger partial charge is 0.508 e. The zero-order valence-electron chi connectivity index (χ0n) is 11.0. The van der Waals surface area contributed by atoms with Crippen LogP contribution in [0.25, 0.3) is 0 Å². The van der Waals surface area contributed by atoms with E-state index in [0.29, 0.717) is 6.54 Å². The summed E-state index contributed by atoms with van der Waals surface area (Å²) in [5.41, 5.74) is 5.14. The van der Waals surface area contributed by atoms with E-state index in [1.54, 1.807) is 0 Å². The molecule has 1 rings (SSSR count). The number of phenolic OH excluding ortho intramolecular Hbond substituents is 2. The number of hydrogen-bond donors (Lipinski definition) is 3. The molecule has 1 aromatic carbocycles. The van der Waals surface area contributed by atoms with Gasteiger partial charge in [-0.25, -0.2) is 0 Å². The molecule has 0 unspecified atom stereocenters. The van der Waals surface area contributed by atoms with E-state index < -0.39 is 11.8 Å². The molecule has 0 radical (unpaired) electrons. The van der Waals surface area contributed by atoms with E-state index >= 15 is 0 Å². The second-order valence-corrected chi connectivity index (χ2v) is 4.75. The average molecular weight is 266 g/mol. The minimum atomic E-state index is -0.618. The van der Waals surface area contributed by atoms with Gasteiger partial charge in [-0.2, -0.15) is 0 Å². The van der Waals surface area contributed by atoms with Gasteiger partial charge in [0.05, 0.1) is 12.1 Å². The topological polar surface area (TPSA) is 104 Å². The molecule has 0 aliphatic rings. The Morgan fingerprint density at radius 2 is 1.95 bits per heavy atom. The highest BCUT2D eigenvalue weighted by Gasteiger charge is 2.21. The van der Waals surface area contributed by atoms with E-state index in [2.05, 4.69) is 0 Å². The second-order valence-electron chi connectivity index (χ2n) is 4.75. The lowest BCUT2D eigenvalue weighted by Gasteiger charge is -2.23. The van der Waals surface area contributed by atoms with Gasteiger partial charge in [-0.3, -0.25) is 9.59 Å². The van der Waals surface area contributed by atoms with Crippen LogP contribution in [-0.4, -0.2) is 40.0 Å². The van der Waals surface area contributed by atoms with E-state index in [1.165, 1.54) is 17.0 Å². The normalized spacial score (nSPS) is 10.5. The lowest BCUT2D eigenvalue weighted by Crippen LogP contribution is -2.40. The summed E-state index contributed by atoms with van der Waals surface area (Å²) >= 11 is 0. The van der Waals surface area contributed by atoms with Crippen molar-refractivity contribution in [2.24, 2.45) is 11.7 Å². The zero-order valence-corrected chi connectivity index (χ0v) is 11.0. The maximum Gasteiger partial charge on any atom is 0.258 e. The number of amides is 2. The molecule has 0 spiro atoms. The molecular weight excluding hydrogens is 248 g/mol. The number of nitrogens with two attached hydrogens (primary N) is 1. The molecule has 0 aromatic heterocycles. The number of benzene rings is 1. The average Bonchev–Trinajstić information content (AvgIpc) is 2.26. The molecule has 0 aliphatic carbocycles. The molecule has 0 heterocycles. The Morgan fingerprint density at radius 1 is 1.32 bits per heavy atom. The van der Waals surface area contributed by atoms with Gasteiger partial charge >= 0.3 is 0 Å². The Hall–Kier alpha value is -2.24. The van der Waals surface area contributed by atoms with Crippen molar-refractivity contribution in [2.75, 3.05) is 13.1 Å². The van der Waals surface area contributed by atoms with Gasteiger partial charge in [-0.1, -0.05) is 13.8 Å². The molecule has 104 valence electrons. The van der Waals surface area contributed by atoms with Crippen LogP contribution < -0.4 is 5.73 Å². The first kappa shape index (κ1) is 14.8. The molecule has 2 amide bonds. The van der Waals surface area contributed by atoms with E-state index in [1.807, 2.05) is 13.8 Å². The molecule has 1 aromatic rings. The Bertz CT molecular complexity index is 486. The maximum absolute atomic E-state index is 12.2. The SMILES string of the molecule is CC(C)CN(CC(N)=O)C(=O)c1ccc(O)cc1O. The van der Waals surface area contributed by atoms with Crippen LogP contribution in [0.3, 0.4) is 0 Å². The smallest absolute Gasteiger partial charge is 0.258 e. The maximum atomic E-state index is 12.2. The Morgan fingerprint density at radius 3 is 2.42 bits per heavy atom. The van der Waals surface area contributed by atoms with E-state index in [4.69, 9.17) is 5.73 Å².